The van der Waals surface area contributed by atoms with E-state index in [1.807, 2.05) is 24.3 Å². The molecular formula is C23H22N6O3. The third kappa shape index (κ3) is 4.56. The summed E-state index contributed by atoms with van der Waals surface area (Å²) >= 11 is 0. The third-order valence-electron chi connectivity index (χ3n) is 4.93. The summed E-state index contributed by atoms with van der Waals surface area (Å²) in [7, 11) is 0. The molecule has 0 aliphatic rings. The van der Waals surface area contributed by atoms with Crippen LogP contribution in [-0.2, 0) is 22.6 Å². The van der Waals surface area contributed by atoms with Gasteiger partial charge in [-0.3, -0.25) is 14.4 Å². The maximum absolute atomic E-state index is 12.8. The molecule has 2 amide bonds. The van der Waals surface area contributed by atoms with Crippen molar-refractivity contribution in [3.63, 3.8) is 0 Å². The topological polar surface area (TPSA) is 110 Å². The summed E-state index contributed by atoms with van der Waals surface area (Å²) in [5.74, 6) is -0.574. The number of hydrogen-bond donors (Lipinski definition) is 2. The molecule has 32 heavy (non-hydrogen) atoms. The van der Waals surface area contributed by atoms with Crippen LogP contribution in [0, 0.1) is 0 Å². The van der Waals surface area contributed by atoms with Crippen LogP contribution in [0.3, 0.4) is 0 Å². The van der Waals surface area contributed by atoms with E-state index in [9.17, 15) is 14.4 Å². The molecule has 0 spiro atoms. The number of aryl methyl sites for hydroxylation is 1. The van der Waals surface area contributed by atoms with Crippen LogP contribution in [0.25, 0.3) is 16.8 Å². The fraction of sp³-hybridized carbons (Fsp3) is 0.174. The molecule has 0 fully saturated rings. The van der Waals surface area contributed by atoms with Crippen molar-refractivity contribution in [1.82, 2.24) is 19.4 Å². The zero-order valence-electron chi connectivity index (χ0n) is 17.7. The lowest BCUT2D eigenvalue weighted by molar-refractivity contribution is -0.117. The smallest absolute Gasteiger partial charge is 0.293 e. The SMILES string of the molecule is CCc1ccc(-c2cc3c(=O)n(CC(=O)Nc4ccc(NC(C)=O)cc4)ncn3n2)cc1. The van der Waals surface area contributed by atoms with Gasteiger partial charge in [-0.05, 0) is 42.3 Å². The van der Waals surface area contributed by atoms with Crippen LogP contribution in [0.1, 0.15) is 19.4 Å². The highest BCUT2D eigenvalue weighted by atomic mass is 16.2. The van der Waals surface area contributed by atoms with E-state index in [1.54, 1.807) is 30.3 Å². The highest BCUT2D eigenvalue weighted by Crippen LogP contribution is 2.19. The van der Waals surface area contributed by atoms with Gasteiger partial charge >= 0.3 is 0 Å². The lowest BCUT2D eigenvalue weighted by Gasteiger charge is -2.08. The van der Waals surface area contributed by atoms with Crippen LogP contribution in [-0.4, -0.2) is 31.2 Å². The number of carbonyl (C=O) groups is 2. The Labute approximate surface area is 183 Å². The van der Waals surface area contributed by atoms with Crippen molar-refractivity contribution in [1.29, 1.82) is 0 Å². The van der Waals surface area contributed by atoms with Crippen molar-refractivity contribution in [3.8, 4) is 11.3 Å². The largest absolute Gasteiger partial charge is 0.326 e. The lowest BCUT2D eigenvalue weighted by Crippen LogP contribution is -2.30. The molecule has 0 bridgehead atoms. The van der Waals surface area contributed by atoms with Crippen LogP contribution in [0.4, 0.5) is 11.4 Å². The van der Waals surface area contributed by atoms with E-state index >= 15 is 0 Å². The molecule has 2 aromatic heterocycles. The molecule has 4 aromatic rings. The molecule has 2 N–H and O–H groups in total. The van der Waals surface area contributed by atoms with Crippen molar-refractivity contribution >= 4 is 28.7 Å². The molecule has 2 aromatic carbocycles. The number of amides is 2. The van der Waals surface area contributed by atoms with E-state index in [1.165, 1.54) is 23.3 Å². The zero-order chi connectivity index (χ0) is 22.7. The van der Waals surface area contributed by atoms with Crippen molar-refractivity contribution in [2.24, 2.45) is 0 Å². The molecule has 0 radical (unpaired) electrons. The number of anilines is 2. The van der Waals surface area contributed by atoms with E-state index in [0.717, 1.165) is 16.7 Å². The number of benzene rings is 2. The summed E-state index contributed by atoms with van der Waals surface area (Å²) in [4.78, 5) is 36.3. The number of nitrogens with one attached hydrogen (secondary N) is 2. The first-order valence-corrected chi connectivity index (χ1v) is 10.2. The molecule has 9 heteroatoms. The summed E-state index contributed by atoms with van der Waals surface area (Å²) in [6, 6.07) is 16.4. The van der Waals surface area contributed by atoms with Gasteiger partial charge in [0.1, 0.15) is 18.4 Å². The molecule has 162 valence electrons. The van der Waals surface area contributed by atoms with Crippen molar-refractivity contribution in [3.05, 3.63) is 76.8 Å². The van der Waals surface area contributed by atoms with Crippen LogP contribution in [0.15, 0.2) is 65.7 Å². The Kier molecular flexibility index (Phi) is 5.80. The fourth-order valence-corrected chi connectivity index (χ4v) is 3.28. The Balaban J connectivity index is 1.50. The first-order valence-electron chi connectivity index (χ1n) is 10.2. The minimum absolute atomic E-state index is 0.177. The molecule has 0 aliphatic carbocycles. The van der Waals surface area contributed by atoms with Gasteiger partial charge in [-0.2, -0.15) is 10.2 Å². The van der Waals surface area contributed by atoms with Crippen LogP contribution >= 0.6 is 0 Å². The first kappa shape index (κ1) is 21.0. The predicted octanol–water partition coefficient (Wildman–Crippen LogP) is 2.72. The number of carbonyl (C=O) groups excluding carboxylic acids is 2. The van der Waals surface area contributed by atoms with Gasteiger partial charge in [0.2, 0.25) is 11.8 Å². The van der Waals surface area contributed by atoms with Gasteiger partial charge in [0.05, 0.1) is 5.69 Å². The second-order valence-corrected chi connectivity index (χ2v) is 7.31. The zero-order valence-corrected chi connectivity index (χ0v) is 17.7. The molecule has 2 heterocycles. The van der Waals surface area contributed by atoms with Crippen LogP contribution in [0.5, 0.6) is 0 Å². The lowest BCUT2D eigenvalue weighted by atomic mass is 10.1. The van der Waals surface area contributed by atoms with E-state index in [4.69, 9.17) is 0 Å². The van der Waals surface area contributed by atoms with Gasteiger partial charge in [0, 0.05) is 23.9 Å². The Morgan fingerprint density at radius 2 is 1.62 bits per heavy atom. The number of fused-ring (bicyclic) bond motifs is 1. The monoisotopic (exact) mass is 430 g/mol. The van der Waals surface area contributed by atoms with Gasteiger partial charge < -0.3 is 10.6 Å². The summed E-state index contributed by atoms with van der Waals surface area (Å²) in [6.45, 7) is 3.27. The summed E-state index contributed by atoms with van der Waals surface area (Å²) < 4.78 is 2.52. The number of hydrogen-bond acceptors (Lipinski definition) is 5. The first-order chi connectivity index (χ1) is 15.4. The average Bonchev–Trinajstić information content (AvgIpc) is 3.22. The Hall–Kier alpha value is -4.27. The molecular weight excluding hydrogens is 408 g/mol. The van der Waals surface area contributed by atoms with E-state index < -0.39 is 11.5 Å². The quantitative estimate of drug-likeness (QED) is 0.489. The summed E-state index contributed by atoms with van der Waals surface area (Å²) in [6.07, 6.45) is 2.36. The maximum atomic E-state index is 12.8. The van der Waals surface area contributed by atoms with Crippen LogP contribution in [0.2, 0.25) is 0 Å². The Morgan fingerprint density at radius 3 is 2.25 bits per heavy atom. The van der Waals surface area contributed by atoms with Gasteiger partial charge in [-0.15, -0.1) is 0 Å². The normalized spacial score (nSPS) is 10.8. The molecule has 0 atom stereocenters. The molecule has 0 aliphatic heterocycles. The summed E-state index contributed by atoms with van der Waals surface area (Å²) in [5.41, 5.74) is 3.87. The molecule has 9 nitrogen and oxygen atoms in total. The molecule has 0 saturated heterocycles. The van der Waals surface area contributed by atoms with Gasteiger partial charge in [0.25, 0.3) is 5.56 Å². The third-order valence-corrected chi connectivity index (χ3v) is 4.93. The fourth-order valence-electron chi connectivity index (χ4n) is 3.28. The standard InChI is InChI=1S/C23H22N6O3/c1-3-16-4-6-17(7-5-16)20-12-21-23(32)28(24-14-29(21)27-20)13-22(31)26-19-10-8-18(9-11-19)25-15(2)30/h4-12,14H,3,13H2,1-2H3,(H,25,30)(H,26,31). The second kappa shape index (κ2) is 8.84. The van der Waals surface area contributed by atoms with Crippen LogP contribution < -0.4 is 16.2 Å². The minimum atomic E-state index is -0.410. The van der Waals surface area contributed by atoms with E-state index in [0.29, 0.717) is 22.6 Å². The van der Waals surface area contributed by atoms with Crippen molar-refractivity contribution in [2.45, 2.75) is 26.8 Å². The van der Waals surface area contributed by atoms with Gasteiger partial charge in [-0.1, -0.05) is 31.2 Å². The number of nitrogens with zero attached hydrogens (tertiary/aromatic N) is 4. The average molecular weight is 430 g/mol. The predicted molar refractivity (Wildman–Crippen MR) is 121 cm³/mol. The van der Waals surface area contributed by atoms with Crippen molar-refractivity contribution < 1.29 is 9.59 Å². The van der Waals surface area contributed by atoms with E-state index in [-0.39, 0.29) is 12.5 Å². The highest BCUT2D eigenvalue weighted by Gasteiger charge is 2.12. The van der Waals surface area contributed by atoms with Crippen molar-refractivity contribution in [2.75, 3.05) is 10.6 Å². The Bertz CT molecular complexity index is 1340. The second-order valence-electron chi connectivity index (χ2n) is 7.31. The molecule has 0 saturated carbocycles. The highest BCUT2D eigenvalue weighted by molar-refractivity contribution is 5.92. The number of rotatable bonds is 6. The van der Waals surface area contributed by atoms with Gasteiger partial charge in [0.15, 0.2) is 0 Å². The number of aromatic nitrogens is 4. The minimum Gasteiger partial charge on any atom is -0.326 e. The molecule has 4 rings (SSSR count). The maximum Gasteiger partial charge on any atom is 0.293 e. The van der Waals surface area contributed by atoms with Gasteiger partial charge in [-0.25, -0.2) is 9.20 Å². The van der Waals surface area contributed by atoms with E-state index in [2.05, 4.69) is 27.8 Å². The Morgan fingerprint density at radius 1 is 0.969 bits per heavy atom. The summed E-state index contributed by atoms with van der Waals surface area (Å²) in [5, 5.41) is 13.9. The molecule has 0 unspecified atom stereocenters.